The molecule has 1 heterocycles. The second kappa shape index (κ2) is 6.40. The van der Waals surface area contributed by atoms with Gasteiger partial charge >= 0.3 is 12.1 Å². The Balaban J connectivity index is 2.11. The van der Waals surface area contributed by atoms with Gasteiger partial charge in [0.1, 0.15) is 0 Å². The monoisotopic (exact) mass is 385 g/mol. The minimum atomic E-state index is -4.65. The lowest BCUT2D eigenvalue weighted by molar-refractivity contribution is -0.138. The van der Waals surface area contributed by atoms with Crippen LogP contribution in [0.1, 0.15) is 29.2 Å². The quantitative estimate of drug-likeness (QED) is 0.875. The summed E-state index contributed by atoms with van der Waals surface area (Å²) < 4.78 is 65.5. The Kier molecular flexibility index (Phi) is 4.53. The van der Waals surface area contributed by atoms with Gasteiger partial charge in [0.15, 0.2) is 0 Å². The molecule has 0 saturated carbocycles. The molecule has 1 atom stereocenters. The molecule has 9 heteroatoms. The Morgan fingerprint density at radius 3 is 2.35 bits per heavy atom. The van der Waals surface area contributed by atoms with E-state index in [9.17, 15) is 26.4 Å². The lowest BCUT2D eigenvalue weighted by atomic mass is 10.0. The molecule has 1 N–H and O–H groups in total. The van der Waals surface area contributed by atoms with Gasteiger partial charge in [-0.2, -0.15) is 17.5 Å². The molecule has 1 aliphatic rings. The van der Waals surface area contributed by atoms with Crippen LogP contribution < -0.4 is 0 Å². The van der Waals surface area contributed by atoms with Crippen molar-refractivity contribution in [1.29, 1.82) is 0 Å². The van der Waals surface area contributed by atoms with E-state index in [1.54, 1.807) is 30.3 Å². The molecule has 2 aromatic rings. The van der Waals surface area contributed by atoms with E-state index in [-0.39, 0.29) is 17.0 Å². The molecule has 0 spiro atoms. The van der Waals surface area contributed by atoms with Crippen molar-refractivity contribution in [2.45, 2.75) is 30.1 Å². The molecule has 0 saturated heterocycles. The van der Waals surface area contributed by atoms with Gasteiger partial charge in [-0.05, 0) is 29.3 Å². The maximum absolute atomic E-state index is 13.0. The summed E-state index contributed by atoms with van der Waals surface area (Å²) in [6.07, 6.45) is -5.28. The van der Waals surface area contributed by atoms with Crippen molar-refractivity contribution in [3.63, 3.8) is 0 Å². The average molecular weight is 385 g/mol. The first-order valence-corrected chi connectivity index (χ1v) is 9.03. The number of alkyl halides is 3. The summed E-state index contributed by atoms with van der Waals surface area (Å²) in [5.74, 6) is -1.30. The second-order valence-corrected chi connectivity index (χ2v) is 7.76. The standard InChI is InChI=1S/C17H14F3NO4S/c18-17(19,20)12-6-7-15-13(8-12)14(9-16(22)23)21(26(15,24)25)10-11-4-2-1-3-5-11/h1-8,14H,9-10H2,(H,22,23). The zero-order chi connectivity index (χ0) is 19.1. The number of carboxylic acid groups (broad SMARTS) is 1. The molecule has 0 radical (unpaired) electrons. The number of carboxylic acids is 1. The van der Waals surface area contributed by atoms with Crippen molar-refractivity contribution in [3.05, 3.63) is 65.2 Å². The third-order valence-electron chi connectivity index (χ3n) is 4.18. The highest BCUT2D eigenvalue weighted by Crippen LogP contribution is 2.44. The van der Waals surface area contributed by atoms with E-state index in [1.807, 2.05) is 0 Å². The fourth-order valence-electron chi connectivity index (χ4n) is 3.00. The van der Waals surface area contributed by atoms with Gasteiger partial charge in [-0.1, -0.05) is 30.3 Å². The largest absolute Gasteiger partial charge is 0.481 e. The molecule has 0 aliphatic carbocycles. The SMILES string of the molecule is O=C(O)CC1c2cc(C(F)(F)F)ccc2S(=O)(=O)N1Cc1ccccc1. The molecule has 1 aliphatic heterocycles. The van der Waals surface area contributed by atoms with E-state index in [1.165, 1.54) is 0 Å². The number of sulfonamides is 1. The Labute approximate surface area is 147 Å². The molecule has 3 rings (SSSR count). The van der Waals surface area contributed by atoms with E-state index in [0.29, 0.717) is 11.6 Å². The molecule has 26 heavy (non-hydrogen) atoms. The Morgan fingerprint density at radius 1 is 1.12 bits per heavy atom. The van der Waals surface area contributed by atoms with Crippen molar-refractivity contribution >= 4 is 16.0 Å². The van der Waals surface area contributed by atoms with Gasteiger partial charge in [0.2, 0.25) is 10.0 Å². The van der Waals surface area contributed by atoms with Crippen molar-refractivity contribution in [2.75, 3.05) is 0 Å². The molecular formula is C17H14F3NO4S. The van der Waals surface area contributed by atoms with Gasteiger partial charge in [0, 0.05) is 6.54 Å². The van der Waals surface area contributed by atoms with Crippen LogP contribution in [0.5, 0.6) is 0 Å². The summed E-state index contributed by atoms with van der Waals surface area (Å²) in [7, 11) is -4.10. The van der Waals surface area contributed by atoms with Crippen LogP contribution in [0.4, 0.5) is 13.2 Å². The molecule has 1 unspecified atom stereocenters. The number of hydrogen-bond acceptors (Lipinski definition) is 3. The van der Waals surface area contributed by atoms with Crippen LogP contribution in [0, 0.1) is 0 Å². The van der Waals surface area contributed by atoms with E-state index >= 15 is 0 Å². The lowest BCUT2D eigenvalue weighted by Crippen LogP contribution is -2.29. The van der Waals surface area contributed by atoms with Crippen molar-refractivity contribution in [2.24, 2.45) is 0 Å². The smallest absolute Gasteiger partial charge is 0.416 e. The molecule has 5 nitrogen and oxygen atoms in total. The van der Waals surface area contributed by atoms with Gasteiger partial charge in [-0.3, -0.25) is 4.79 Å². The molecule has 2 aromatic carbocycles. The fraction of sp³-hybridized carbons (Fsp3) is 0.235. The highest BCUT2D eigenvalue weighted by molar-refractivity contribution is 7.89. The predicted molar refractivity (Wildman–Crippen MR) is 85.6 cm³/mol. The lowest BCUT2D eigenvalue weighted by Gasteiger charge is -2.22. The first kappa shape index (κ1) is 18.4. The van der Waals surface area contributed by atoms with Gasteiger partial charge in [0.25, 0.3) is 0 Å². The van der Waals surface area contributed by atoms with Crippen LogP contribution in [0.2, 0.25) is 0 Å². The maximum atomic E-state index is 13.0. The number of nitrogens with zero attached hydrogens (tertiary/aromatic N) is 1. The number of halogens is 3. The first-order valence-electron chi connectivity index (χ1n) is 7.59. The third-order valence-corrected chi connectivity index (χ3v) is 6.11. The number of hydrogen-bond donors (Lipinski definition) is 1. The van der Waals surface area contributed by atoms with Crippen LogP contribution in [-0.4, -0.2) is 23.8 Å². The number of rotatable bonds is 4. The van der Waals surface area contributed by atoms with E-state index in [2.05, 4.69) is 0 Å². The minimum absolute atomic E-state index is 0.128. The van der Waals surface area contributed by atoms with Gasteiger partial charge < -0.3 is 5.11 Å². The first-order chi connectivity index (χ1) is 12.1. The molecule has 0 fully saturated rings. The number of aliphatic carboxylic acids is 1. The summed E-state index contributed by atoms with van der Waals surface area (Å²) in [6.45, 7) is -0.128. The Morgan fingerprint density at radius 2 is 1.77 bits per heavy atom. The van der Waals surface area contributed by atoms with Crippen LogP contribution in [0.15, 0.2) is 53.4 Å². The fourth-order valence-corrected chi connectivity index (χ4v) is 4.83. The number of carbonyl (C=O) groups is 1. The van der Waals surface area contributed by atoms with E-state index in [0.717, 1.165) is 16.4 Å². The summed E-state index contributed by atoms with van der Waals surface area (Å²) >= 11 is 0. The molecule has 0 amide bonds. The normalized spacial score (nSPS) is 19.3. The topological polar surface area (TPSA) is 74.7 Å². The number of fused-ring (bicyclic) bond motifs is 1. The van der Waals surface area contributed by atoms with Crippen LogP contribution in [0.3, 0.4) is 0 Å². The Bertz CT molecular complexity index is 942. The molecule has 0 bridgehead atoms. The minimum Gasteiger partial charge on any atom is -0.481 e. The Hall–Kier alpha value is -2.39. The van der Waals surface area contributed by atoms with E-state index in [4.69, 9.17) is 5.11 Å². The highest BCUT2D eigenvalue weighted by atomic mass is 32.2. The molecule has 138 valence electrons. The van der Waals surface area contributed by atoms with Crippen molar-refractivity contribution in [1.82, 2.24) is 4.31 Å². The third kappa shape index (κ3) is 3.32. The van der Waals surface area contributed by atoms with E-state index < -0.39 is 40.2 Å². The molecule has 0 aromatic heterocycles. The zero-order valence-electron chi connectivity index (χ0n) is 13.3. The van der Waals surface area contributed by atoms with Crippen molar-refractivity contribution < 1.29 is 31.5 Å². The van der Waals surface area contributed by atoms with Gasteiger partial charge in [-0.25, -0.2) is 8.42 Å². The highest BCUT2D eigenvalue weighted by Gasteiger charge is 2.45. The number of benzene rings is 2. The average Bonchev–Trinajstić information content (AvgIpc) is 2.76. The summed E-state index contributed by atoms with van der Waals surface area (Å²) in [5.41, 5.74) is -0.545. The summed E-state index contributed by atoms with van der Waals surface area (Å²) in [4.78, 5) is 10.9. The molecular weight excluding hydrogens is 371 g/mol. The maximum Gasteiger partial charge on any atom is 0.416 e. The summed E-state index contributed by atoms with van der Waals surface area (Å²) in [6, 6.07) is 9.57. The van der Waals surface area contributed by atoms with Gasteiger partial charge in [-0.15, -0.1) is 0 Å². The predicted octanol–water partition coefficient (Wildman–Crippen LogP) is 3.43. The van der Waals surface area contributed by atoms with Crippen LogP contribution >= 0.6 is 0 Å². The summed E-state index contributed by atoms with van der Waals surface area (Å²) in [5, 5.41) is 9.14. The van der Waals surface area contributed by atoms with Crippen LogP contribution in [0.25, 0.3) is 0 Å². The van der Waals surface area contributed by atoms with Gasteiger partial charge in [0.05, 0.1) is 22.9 Å². The van der Waals surface area contributed by atoms with Crippen LogP contribution in [-0.2, 0) is 27.5 Å². The van der Waals surface area contributed by atoms with Crippen molar-refractivity contribution in [3.8, 4) is 0 Å². The second-order valence-electron chi connectivity index (χ2n) is 5.90. The zero-order valence-corrected chi connectivity index (χ0v) is 14.1.